The first-order valence-corrected chi connectivity index (χ1v) is 6.82. The summed E-state index contributed by atoms with van der Waals surface area (Å²) in [5.74, 6) is -0.665. The van der Waals surface area contributed by atoms with Gasteiger partial charge in [0.25, 0.3) is 0 Å². The molecule has 4 nitrogen and oxygen atoms in total. The number of halogens is 1. The van der Waals surface area contributed by atoms with Gasteiger partial charge in [-0.05, 0) is 29.8 Å². The molecule has 0 aliphatic rings. The molecular weight excluding hydrogens is 292 g/mol. The average Bonchev–Trinajstić information content (AvgIpc) is 2.47. The Morgan fingerprint density at radius 3 is 2.67 bits per heavy atom. The lowest BCUT2D eigenvalue weighted by atomic mass is 10.2. The van der Waals surface area contributed by atoms with Crippen LogP contribution in [0.2, 0.25) is 5.02 Å². The molecule has 0 aliphatic heterocycles. The minimum Gasteiger partial charge on any atom is -0.490 e. The number of hydrogen-bond acceptors (Lipinski definition) is 3. The Bertz CT molecular complexity index is 613. The monoisotopic (exact) mass is 306 g/mol. The molecule has 0 saturated carbocycles. The van der Waals surface area contributed by atoms with Gasteiger partial charge in [-0.15, -0.1) is 0 Å². The number of hydrogen-bond donors (Lipinski definition) is 1. The van der Waals surface area contributed by atoms with Crippen molar-refractivity contribution in [1.82, 2.24) is 0 Å². The van der Waals surface area contributed by atoms with Crippen LogP contribution in [-0.4, -0.2) is 24.3 Å². The van der Waals surface area contributed by atoms with Gasteiger partial charge in [0.15, 0.2) is 0 Å². The molecule has 5 heteroatoms. The fourth-order valence-corrected chi connectivity index (χ4v) is 2.01. The van der Waals surface area contributed by atoms with Crippen molar-refractivity contribution in [3.8, 4) is 5.75 Å². The lowest BCUT2D eigenvalue weighted by Gasteiger charge is -2.09. The number of carboxylic acid groups (broad SMARTS) is 1. The van der Waals surface area contributed by atoms with Gasteiger partial charge < -0.3 is 14.6 Å². The van der Waals surface area contributed by atoms with Crippen molar-refractivity contribution in [3.05, 3.63) is 64.7 Å². The number of para-hydroxylation sites is 1. The van der Waals surface area contributed by atoms with Crippen LogP contribution < -0.4 is 4.74 Å². The van der Waals surface area contributed by atoms with Crippen LogP contribution in [0.15, 0.2) is 48.5 Å². The van der Waals surface area contributed by atoms with Crippen LogP contribution in [0.1, 0.15) is 15.9 Å². The summed E-state index contributed by atoms with van der Waals surface area (Å²) in [4.78, 5) is 11.0. The maximum atomic E-state index is 11.0. The molecule has 0 amide bonds. The molecular formula is C16H15ClO4. The van der Waals surface area contributed by atoms with Crippen LogP contribution in [0.25, 0.3) is 0 Å². The zero-order valence-corrected chi connectivity index (χ0v) is 12.0. The van der Waals surface area contributed by atoms with Gasteiger partial charge in [0.1, 0.15) is 17.9 Å². The molecule has 0 radical (unpaired) electrons. The lowest BCUT2D eigenvalue weighted by Crippen LogP contribution is -2.09. The third-order valence-electron chi connectivity index (χ3n) is 2.76. The van der Waals surface area contributed by atoms with E-state index in [2.05, 4.69) is 0 Å². The van der Waals surface area contributed by atoms with Crippen LogP contribution in [0.5, 0.6) is 5.75 Å². The predicted molar refractivity (Wildman–Crippen MR) is 80.0 cm³/mol. The molecule has 1 N–H and O–H groups in total. The van der Waals surface area contributed by atoms with Crippen LogP contribution in [0, 0.1) is 0 Å². The summed E-state index contributed by atoms with van der Waals surface area (Å²) in [6.45, 7) is 1.08. The summed E-state index contributed by atoms with van der Waals surface area (Å²) >= 11 is 5.88. The lowest BCUT2D eigenvalue weighted by molar-refractivity contribution is 0.0681. The van der Waals surface area contributed by atoms with E-state index < -0.39 is 5.97 Å². The fourth-order valence-electron chi connectivity index (χ4n) is 1.80. The molecule has 2 rings (SSSR count). The van der Waals surface area contributed by atoms with E-state index in [1.807, 2.05) is 18.2 Å². The van der Waals surface area contributed by atoms with E-state index in [1.165, 1.54) is 6.07 Å². The molecule has 0 aliphatic carbocycles. The Balaban J connectivity index is 1.76. The first kappa shape index (κ1) is 15.4. The van der Waals surface area contributed by atoms with E-state index in [-0.39, 0.29) is 12.2 Å². The van der Waals surface area contributed by atoms with Gasteiger partial charge in [0.05, 0.1) is 13.2 Å². The Kier molecular flexibility index (Phi) is 5.60. The highest BCUT2D eigenvalue weighted by Gasteiger charge is 2.09. The number of ether oxygens (including phenoxy) is 2. The molecule has 0 aromatic heterocycles. The minimum absolute atomic E-state index is 0.146. The Morgan fingerprint density at radius 1 is 1.10 bits per heavy atom. The van der Waals surface area contributed by atoms with Crippen molar-refractivity contribution in [2.24, 2.45) is 0 Å². The Labute approximate surface area is 127 Å². The fraction of sp³-hybridized carbons (Fsp3) is 0.188. The van der Waals surface area contributed by atoms with Crippen LogP contribution >= 0.6 is 11.6 Å². The second kappa shape index (κ2) is 7.67. The van der Waals surface area contributed by atoms with Gasteiger partial charge in [-0.1, -0.05) is 35.9 Å². The van der Waals surface area contributed by atoms with E-state index in [0.717, 1.165) is 5.56 Å². The minimum atomic E-state index is -1.01. The van der Waals surface area contributed by atoms with E-state index in [1.54, 1.807) is 24.3 Å². The zero-order valence-electron chi connectivity index (χ0n) is 11.3. The summed E-state index contributed by atoms with van der Waals surface area (Å²) in [6, 6.07) is 13.9. The molecule has 0 unspecified atom stereocenters. The summed E-state index contributed by atoms with van der Waals surface area (Å²) in [7, 11) is 0. The third-order valence-corrected chi connectivity index (χ3v) is 3.00. The highest BCUT2D eigenvalue weighted by Crippen LogP contribution is 2.17. The van der Waals surface area contributed by atoms with Gasteiger partial charge >= 0.3 is 5.97 Å². The predicted octanol–water partition coefficient (Wildman–Crippen LogP) is 3.63. The van der Waals surface area contributed by atoms with Crippen molar-refractivity contribution < 1.29 is 19.4 Å². The molecule has 2 aromatic rings. The van der Waals surface area contributed by atoms with Crippen LogP contribution in [0.3, 0.4) is 0 Å². The van der Waals surface area contributed by atoms with Crippen molar-refractivity contribution in [2.75, 3.05) is 13.2 Å². The summed E-state index contributed by atoms with van der Waals surface area (Å²) < 4.78 is 10.9. The van der Waals surface area contributed by atoms with Gasteiger partial charge in [-0.2, -0.15) is 0 Å². The van der Waals surface area contributed by atoms with Gasteiger partial charge in [-0.3, -0.25) is 0 Å². The van der Waals surface area contributed by atoms with Gasteiger partial charge in [-0.25, -0.2) is 4.79 Å². The SMILES string of the molecule is O=C(O)c1ccccc1OCCOCc1cccc(Cl)c1. The number of carboxylic acids is 1. The van der Waals surface area contributed by atoms with Crippen molar-refractivity contribution >= 4 is 17.6 Å². The molecule has 0 bridgehead atoms. The maximum Gasteiger partial charge on any atom is 0.339 e. The summed E-state index contributed by atoms with van der Waals surface area (Å²) in [5.41, 5.74) is 1.13. The van der Waals surface area contributed by atoms with E-state index in [9.17, 15) is 4.79 Å². The Morgan fingerprint density at radius 2 is 1.90 bits per heavy atom. The quantitative estimate of drug-likeness (QED) is 0.794. The number of carbonyl (C=O) groups is 1. The highest BCUT2D eigenvalue weighted by molar-refractivity contribution is 6.30. The Hall–Kier alpha value is -2.04. The maximum absolute atomic E-state index is 11.0. The van der Waals surface area contributed by atoms with Gasteiger partial charge in [0, 0.05) is 5.02 Å². The van der Waals surface area contributed by atoms with Crippen LogP contribution in [-0.2, 0) is 11.3 Å². The third kappa shape index (κ3) is 4.77. The van der Waals surface area contributed by atoms with Crippen molar-refractivity contribution in [1.29, 1.82) is 0 Å². The standard InChI is InChI=1S/C16H15ClO4/c17-13-5-3-4-12(10-13)11-20-8-9-21-15-7-2-1-6-14(15)16(18)19/h1-7,10H,8-9,11H2,(H,18,19). The summed E-state index contributed by atoms with van der Waals surface area (Å²) in [6.07, 6.45) is 0. The highest BCUT2D eigenvalue weighted by atomic mass is 35.5. The first-order chi connectivity index (χ1) is 10.2. The number of benzene rings is 2. The van der Waals surface area contributed by atoms with E-state index in [0.29, 0.717) is 24.0 Å². The van der Waals surface area contributed by atoms with Gasteiger partial charge in [0.2, 0.25) is 0 Å². The van der Waals surface area contributed by atoms with E-state index in [4.69, 9.17) is 26.2 Å². The molecule has 0 fully saturated rings. The zero-order chi connectivity index (χ0) is 15.1. The second-order valence-electron chi connectivity index (χ2n) is 4.33. The molecule has 2 aromatic carbocycles. The topological polar surface area (TPSA) is 55.8 Å². The van der Waals surface area contributed by atoms with E-state index >= 15 is 0 Å². The molecule has 0 spiro atoms. The van der Waals surface area contributed by atoms with Crippen molar-refractivity contribution in [3.63, 3.8) is 0 Å². The molecule has 0 heterocycles. The van der Waals surface area contributed by atoms with Crippen molar-refractivity contribution in [2.45, 2.75) is 6.61 Å². The molecule has 0 saturated heterocycles. The molecule has 0 atom stereocenters. The first-order valence-electron chi connectivity index (χ1n) is 6.44. The summed E-state index contributed by atoms with van der Waals surface area (Å²) in [5, 5.41) is 9.69. The number of aromatic carboxylic acids is 1. The molecule has 21 heavy (non-hydrogen) atoms. The number of rotatable bonds is 7. The largest absolute Gasteiger partial charge is 0.490 e. The second-order valence-corrected chi connectivity index (χ2v) is 4.77. The van der Waals surface area contributed by atoms with Crippen LogP contribution in [0.4, 0.5) is 0 Å². The normalized spacial score (nSPS) is 10.3. The average molecular weight is 307 g/mol. The smallest absolute Gasteiger partial charge is 0.339 e. The molecule has 110 valence electrons.